The van der Waals surface area contributed by atoms with Crippen molar-refractivity contribution in [3.05, 3.63) is 20.8 Å². The molecule has 0 aromatic carbocycles. The van der Waals surface area contributed by atoms with Crippen molar-refractivity contribution in [2.24, 2.45) is 5.41 Å². The Morgan fingerprint density at radius 2 is 2.29 bits per heavy atom. The van der Waals surface area contributed by atoms with Crippen LogP contribution in [0.2, 0.25) is 5.02 Å². The van der Waals surface area contributed by atoms with Gasteiger partial charge in [-0.1, -0.05) is 11.6 Å². The predicted octanol–water partition coefficient (Wildman–Crippen LogP) is 2.66. The zero-order valence-corrected chi connectivity index (χ0v) is 13.6. The largest absolute Gasteiger partial charge is 0.481 e. The molecule has 1 fully saturated rings. The first-order valence-corrected chi connectivity index (χ1v) is 7.92. The van der Waals surface area contributed by atoms with Gasteiger partial charge in [-0.25, -0.2) is 0 Å². The van der Waals surface area contributed by atoms with Crippen LogP contribution in [0.3, 0.4) is 0 Å². The molecule has 1 unspecified atom stereocenters. The van der Waals surface area contributed by atoms with E-state index < -0.39 is 11.4 Å². The number of nitrogens with zero attached hydrogens (tertiary/aromatic N) is 1. The van der Waals surface area contributed by atoms with Crippen molar-refractivity contribution in [3.8, 4) is 0 Å². The average molecular weight is 332 g/mol. The van der Waals surface area contributed by atoms with Crippen LogP contribution in [-0.4, -0.2) is 48.7 Å². The number of aryl methyl sites for hydroxylation is 1. The second-order valence-corrected chi connectivity index (χ2v) is 6.62. The van der Waals surface area contributed by atoms with Gasteiger partial charge >= 0.3 is 5.97 Å². The van der Waals surface area contributed by atoms with Crippen LogP contribution in [0.15, 0.2) is 5.38 Å². The summed E-state index contributed by atoms with van der Waals surface area (Å²) in [6, 6.07) is 0. The van der Waals surface area contributed by atoms with Gasteiger partial charge in [-0.15, -0.1) is 11.3 Å². The Balaban J connectivity index is 2.15. The van der Waals surface area contributed by atoms with Gasteiger partial charge in [0, 0.05) is 26.8 Å². The lowest BCUT2D eigenvalue weighted by atomic mass is 9.84. The van der Waals surface area contributed by atoms with E-state index >= 15 is 0 Å². The normalized spacial score (nSPS) is 21.8. The Morgan fingerprint density at radius 3 is 2.81 bits per heavy atom. The highest BCUT2D eigenvalue weighted by Gasteiger charge is 2.46. The molecule has 1 aliphatic rings. The van der Waals surface area contributed by atoms with Gasteiger partial charge < -0.3 is 14.7 Å². The molecule has 7 heteroatoms. The SMILES string of the molecule is COCCC1(C(=O)O)CCN(C(=O)c2scc(C)c2Cl)C1. The van der Waals surface area contributed by atoms with Crippen molar-refractivity contribution in [2.75, 3.05) is 26.8 Å². The number of methoxy groups -OCH3 is 1. The smallest absolute Gasteiger partial charge is 0.311 e. The number of carboxylic acid groups (broad SMARTS) is 1. The lowest BCUT2D eigenvalue weighted by Gasteiger charge is -2.24. The Labute approximate surface area is 132 Å². The fourth-order valence-corrected chi connectivity index (χ4v) is 3.79. The summed E-state index contributed by atoms with van der Waals surface area (Å²) in [7, 11) is 1.54. The van der Waals surface area contributed by atoms with E-state index in [1.165, 1.54) is 11.3 Å². The van der Waals surface area contributed by atoms with E-state index in [1.807, 2.05) is 12.3 Å². The van der Waals surface area contributed by atoms with Gasteiger partial charge in [-0.05, 0) is 30.7 Å². The summed E-state index contributed by atoms with van der Waals surface area (Å²) in [4.78, 5) is 26.2. The van der Waals surface area contributed by atoms with Crippen molar-refractivity contribution < 1.29 is 19.4 Å². The zero-order chi connectivity index (χ0) is 15.6. The number of aliphatic carboxylic acids is 1. The molecule has 1 aliphatic heterocycles. The van der Waals surface area contributed by atoms with Gasteiger partial charge in [-0.2, -0.15) is 0 Å². The van der Waals surface area contributed by atoms with Gasteiger partial charge in [0.25, 0.3) is 5.91 Å². The van der Waals surface area contributed by atoms with Gasteiger partial charge in [0.15, 0.2) is 0 Å². The lowest BCUT2D eigenvalue weighted by molar-refractivity contribution is -0.149. The summed E-state index contributed by atoms with van der Waals surface area (Å²) in [6.45, 7) is 2.85. The highest BCUT2D eigenvalue weighted by Crippen LogP contribution is 2.37. The molecule has 1 amide bonds. The van der Waals surface area contributed by atoms with Crippen LogP contribution < -0.4 is 0 Å². The monoisotopic (exact) mass is 331 g/mol. The minimum absolute atomic E-state index is 0.182. The molecule has 5 nitrogen and oxygen atoms in total. The van der Waals surface area contributed by atoms with Crippen molar-refractivity contribution in [2.45, 2.75) is 19.8 Å². The first kappa shape index (κ1) is 16.3. The van der Waals surface area contributed by atoms with Crippen molar-refractivity contribution in [1.82, 2.24) is 4.90 Å². The number of carboxylic acids is 1. The van der Waals surface area contributed by atoms with Crippen LogP contribution in [0.4, 0.5) is 0 Å². The molecule has 0 saturated carbocycles. The molecule has 1 aromatic rings. The third kappa shape index (κ3) is 3.07. The van der Waals surface area contributed by atoms with Crippen LogP contribution in [-0.2, 0) is 9.53 Å². The highest BCUT2D eigenvalue weighted by atomic mass is 35.5. The molecule has 1 aromatic heterocycles. The zero-order valence-electron chi connectivity index (χ0n) is 12.0. The molecule has 21 heavy (non-hydrogen) atoms. The topological polar surface area (TPSA) is 66.8 Å². The standard InChI is InChI=1S/C14H18ClNO4S/c1-9-7-21-11(10(9)15)12(17)16-5-3-14(8-16,13(18)19)4-6-20-2/h7H,3-6,8H2,1-2H3,(H,18,19). The summed E-state index contributed by atoms with van der Waals surface area (Å²) in [6.07, 6.45) is 0.846. The number of amides is 1. The molecule has 1 saturated heterocycles. The molecule has 2 rings (SSSR count). The summed E-state index contributed by atoms with van der Waals surface area (Å²) < 4.78 is 5.00. The Morgan fingerprint density at radius 1 is 1.57 bits per heavy atom. The maximum Gasteiger partial charge on any atom is 0.311 e. The average Bonchev–Trinajstić information content (AvgIpc) is 3.03. The van der Waals surface area contributed by atoms with E-state index in [4.69, 9.17) is 16.3 Å². The Hall–Kier alpha value is -1.11. The number of carbonyl (C=O) groups excluding carboxylic acids is 1. The number of halogens is 1. The van der Waals surface area contributed by atoms with E-state index in [-0.39, 0.29) is 12.5 Å². The van der Waals surface area contributed by atoms with Crippen LogP contribution in [0, 0.1) is 12.3 Å². The van der Waals surface area contributed by atoms with E-state index in [0.29, 0.717) is 35.9 Å². The van der Waals surface area contributed by atoms with Crippen LogP contribution >= 0.6 is 22.9 Å². The van der Waals surface area contributed by atoms with Crippen LogP contribution in [0.25, 0.3) is 0 Å². The van der Waals surface area contributed by atoms with E-state index in [9.17, 15) is 14.7 Å². The molecule has 0 bridgehead atoms. The second kappa shape index (κ2) is 6.34. The van der Waals surface area contributed by atoms with Gasteiger partial charge in [0.05, 0.1) is 10.4 Å². The second-order valence-electron chi connectivity index (χ2n) is 5.37. The molecule has 1 N–H and O–H groups in total. The molecular weight excluding hydrogens is 314 g/mol. The number of likely N-dealkylation sites (tertiary alicyclic amines) is 1. The van der Waals surface area contributed by atoms with Crippen molar-refractivity contribution in [1.29, 1.82) is 0 Å². The number of thiophene rings is 1. The molecule has 2 heterocycles. The van der Waals surface area contributed by atoms with Crippen molar-refractivity contribution in [3.63, 3.8) is 0 Å². The number of hydrogen-bond donors (Lipinski definition) is 1. The minimum Gasteiger partial charge on any atom is -0.481 e. The van der Waals surface area contributed by atoms with Gasteiger partial charge in [0.2, 0.25) is 0 Å². The molecule has 0 spiro atoms. The maximum absolute atomic E-state index is 12.5. The summed E-state index contributed by atoms with van der Waals surface area (Å²) >= 11 is 7.43. The summed E-state index contributed by atoms with van der Waals surface area (Å²) in [5.41, 5.74) is -0.0436. The summed E-state index contributed by atoms with van der Waals surface area (Å²) in [5, 5.41) is 11.8. The fraction of sp³-hybridized carbons (Fsp3) is 0.571. The van der Waals surface area contributed by atoms with Crippen LogP contribution in [0.5, 0.6) is 0 Å². The lowest BCUT2D eigenvalue weighted by Crippen LogP contribution is -2.37. The van der Waals surface area contributed by atoms with Crippen LogP contribution in [0.1, 0.15) is 28.1 Å². The number of rotatable bonds is 5. The third-order valence-corrected chi connectivity index (χ3v) is 5.66. The van der Waals surface area contributed by atoms with Crippen molar-refractivity contribution >= 4 is 34.8 Å². The first-order valence-electron chi connectivity index (χ1n) is 6.66. The number of ether oxygens (including phenoxy) is 1. The van der Waals surface area contributed by atoms with Gasteiger partial charge in [-0.3, -0.25) is 9.59 Å². The van der Waals surface area contributed by atoms with E-state index in [0.717, 1.165) is 5.56 Å². The van der Waals surface area contributed by atoms with E-state index in [2.05, 4.69) is 0 Å². The molecule has 1 atom stereocenters. The molecule has 116 valence electrons. The van der Waals surface area contributed by atoms with E-state index in [1.54, 1.807) is 12.0 Å². The molecule has 0 aliphatic carbocycles. The molecular formula is C14H18ClNO4S. The predicted molar refractivity (Wildman–Crippen MR) is 81.1 cm³/mol. The first-order chi connectivity index (χ1) is 9.91. The molecule has 0 radical (unpaired) electrons. The Kier molecular flexibility index (Phi) is 4.91. The Bertz CT molecular complexity index is 559. The number of hydrogen-bond acceptors (Lipinski definition) is 4. The third-order valence-electron chi connectivity index (χ3n) is 3.97. The maximum atomic E-state index is 12.5. The summed E-state index contributed by atoms with van der Waals surface area (Å²) in [5.74, 6) is -1.05. The fourth-order valence-electron chi connectivity index (χ4n) is 2.55. The number of carbonyl (C=O) groups is 2. The highest BCUT2D eigenvalue weighted by molar-refractivity contribution is 7.13. The minimum atomic E-state index is -0.912. The quantitative estimate of drug-likeness (QED) is 0.900. The van der Waals surface area contributed by atoms with Gasteiger partial charge in [0.1, 0.15) is 4.88 Å².